The molecule has 0 unspecified atom stereocenters. The monoisotopic (exact) mass is 365 g/mol. The van der Waals surface area contributed by atoms with Gasteiger partial charge in [0.05, 0.1) is 0 Å². The Bertz CT molecular complexity index is 1120. The maximum Gasteiger partial charge on any atom is 0.334 e. The molecule has 0 radical (unpaired) electrons. The summed E-state index contributed by atoms with van der Waals surface area (Å²) in [6.45, 7) is 1.13. The Hall–Kier alpha value is -3.68. The second-order valence-corrected chi connectivity index (χ2v) is 6.08. The molecule has 1 fully saturated rings. The van der Waals surface area contributed by atoms with Gasteiger partial charge >= 0.3 is 17.8 Å². The molecule has 1 saturated heterocycles. The van der Waals surface area contributed by atoms with Gasteiger partial charge in [-0.25, -0.2) is 9.69 Å². The van der Waals surface area contributed by atoms with Crippen molar-refractivity contribution < 1.29 is 23.6 Å². The van der Waals surface area contributed by atoms with Gasteiger partial charge in [-0.15, -0.1) is 0 Å². The number of hydrogen-bond donors (Lipinski definition) is 1. The molecule has 2 aromatic carbocycles. The maximum atomic E-state index is 12.3. The first kappa shape index (κ1) is 16.8. The number of nitrogens with zero attached hydrogens (tertiary/aromatic N) is 2. The van der Waals surface area contributed by atoms with Crippen LogP contribution in [-0.4, -0.2) is 46.6 Å². The van der Waals surface area contributed by atoms with Crippen LogP contribution in [0.1, 0.15) is 6.92 Å². The lowest BCUT2D eigenvalue weighted by atomic mass is 10.1. The zero-order valence-electron chi connectivity index (χ0n) is 14.4. The van der Waals surface area contributed by atoms with E-state index in [0.717, 1.165) is 21.3 Å². The topological polar surface area (TPSA) is 99.9 Å². The highest BCUT2D eigenvalue weighted by molar-refractivity contribution is 6.45. The second kappa shape index (κ2) is 6.24. The number of benzene rings is 2. The van der Waals surface area contributed by atoms with Gasteiger partial charge in [0.15, 0.2) is 0 Å². The number of anilines is 1. The van der Waals surface area contributed by atoms with E-state index in [4.69, 9.17) is 4.42 Å². The third kappa shape index (κ3) is 2.71. The van der Waals surface area contributed by atoms with Crippen molar-refractivity contribution >= 4 is 51.4 Å². The molecular weight excluding hydrogens is 350 g/mol. The Morgan fingerprint density at radius 2 is 1.67 bits per heavy atom. The molecule has 0 atom stereocenters. The minimum absolute atomic E-state index is 0.0752. The zero-order chi connectivity index (χ0) is 19.1. The fourth-order valence-corrected chi connectivity index (χ4v) is 3.12. The predicted molar refractivity (Wildman–Crippen MR) is 96.8 cm³/mol. The van der Waals surface area contributed by atoms with Gasteiger partial charge in [-0.1, -0.05) is 18.2 Å². The number of fused-ring (bicyclic) bond motifs is 3. The smallest absolute Gasteiger partial charge is 0.334 e. The van der Waals surface area contributed by atoms with Crippen molar-refractivity contribution in [2.75, 3.05) is 18.4 Å². The van der Waals surface area contributed by atoms with Gasteiger partial charge < -0.3 is 9.73 Å². The molecule has 3 aromatic rings. The Balaban J connectivity index is 1.54. The van der Waals surface area contributed by atoms with Crippen molar-refractivity contribution in [1.82, 2.24) is 9.80 Å². The molecule has 27 heavy (non-hydrogen) atoms. The van der Waals surface area contributed by atoms with Crippen LogP contribution in [0.2, 0.25) is 0 Å². The third-order valence-electron chi connectivity index (χ3n) is 4.41. The minimum Gasteiger partial charge on any atom is -0.456 e. The van der Waals surface area contributed by atoms with E-state index in [1.165, 1.54) is 0 Å². The van der Waals surface area contributed by atoms with Crippen LogP contribution in [0.4, 0.5) is 10.5 Å². The van der Waals surface area contributed by atoms with E-state index in [1.54, 1.807) is 25.1 Å². The molecule has 0 bridgehead atoms. The quantitative estimate of drug-likeness (QED) is 0.565. The summed E-state index contributed by atoms with van der Waals surface area (Å²) in [6, 6.07) is 11.9. The molecule has 0 spiro atoms. The van der Waals surface area contributed by atoms with Gasteiger partial charge in [0, 0.05) is 23.0 Å². The van der Waals surface area contributed by atoms with E-state index >= 15 is 0 Å². The fraction of sp³-hybridized carbons (Fsp3) is 0.158. The molecular formula is C19H15N3O5. The Labute approximate surface area is 153 Å². The van der Waals surface area contributed by atoms with Crippen LogP contribution in [0.5, 0.6) is 0 Å². The standard InChI is InChI=1S/C19H15N3O5/c1-2-21-17(24)18(25)22(19(21)26)10-16(23)20-11-7-8-15-13(9-11)12-5-3-4-6-14(12)27-15/h3-9H,2,10H2,1H3,(H,20,23). The van der Waals surface area contributed by atoms with Crippen molar-refractivity contribution in [3.63, 3.8) is 0 Å². The van der Waals surface area contributed by atoms with Crippen molar-refractivity contribution in [1.29, 1.82) is 0 Å². The number of imide groups is 2. The minimum atomic E-state index is -0.992. The maximum absolute atomic E-state index is 12.3. The number of carbonyl (C=O) groups is 4. The van der Waals surface area contributed by atoms with Crippen LogP contribution < -0.4 is 5.32 Å². The lowest BCUT2D eigenvalue weighted by Gasteiger charge is -2.14. The normalized spacial score (nSPS) is 14.6. The highest BCUT2D eigenvalue weighted by Gasteiger charge is 2.44. The van der Waals surface area contributed by atoms with Gasteiger partial charge in [0.25, 0.3) is 0 Å². The summed E-state index contributed by atoms with van der Waals surface area (Å²) in [5.41, 5.74) is 1.92. The summed E-state index contributed by atoms with van der Waals surface area (Å²) in [5, 5.41) is 4.40. The summed E-state index contributed by atoms with van der Waals surface area (Å²) in [6.07, 6.45) is 0. The van der Waals surface area contributed by atoms with E-state index in [-0.39, 0.29) is 6.54 Å². The third-order valence-corrected chi connectivity index (χ3v) is 4.41. The number of rotatable bonds is 4. The average Bonchev–Trinajstić information content (AvgIpc) is 3.12. The lowest BCUT2D eigenvalue weighted by molar-refractivity contribution is -0.143. The summed E-state index contributed by atoms with van der Waals surface area (Å²) in [7, 11) is 0. The molecule has 0 aliphatic carbocycles. The van der Waals surface area contributed by atoms with Crippen LogP contribution in [0.3, 0.4) is 0 Å². The number of furan rings is 1. The molecule has 1 aliphatic heterocycles. The van der Waals surface area contributed by atoms with Crippen molar-refractivity contribution in [2.24, 2.45) is 0 Å². The van der Waals surface area contributed by atoms with Crippen molar-refractivity contribution in [2.45, 2.75) is 6.92 Å². The summed E-state index contributed by atoms with van der Waals surface area (Å²) < 4.78 is 5.73. The van der Waals surface area contributed by atoms with E-state index in [0.29, 0.717) is 16.2 Å². The van der Waals surface area contributed by atoms with Gasteiger partial charge in [0.2, 0.25) is 5.91 Å². The predicted octanol–water partition coefficient (Wildman–Crippen LogP) is 2.34. The Kier molecular flexibility index (Phi) is 3.88. The summed E-state index contributed by atoms with van der Waals surface area (Å²) >= 11 is 0. The first-order valence-corrected chi connectivity index (χ1v) is 8.38. The molecule has 136 valence electrons. The van der Waals surface area contributed by atoms with Crippen LogP contribution in [0, 0.1) is 0 Å². The van der Waals surface area contributed by atoms with E-state index in [1.807, 2.05) is 24.3 Å². The summed E-state index contributed by atoms with van der Waals surface area (Å²) in [5.74, 6) is -2.48. The molecule has 8 heteroatoms. The molecule has 1 aromatic heterocycles. The van der Waals surface area contributed by atoms with E-state index < -0.39 is 30.3 Å². The molecule has 5 amide bonds. The largest absolute Gasteiger partial charge is 0.456 e. The second-order valence-electron chi connectivity index (χ2n) is 6.08. The van der Waals surface area contributed by atoms with Crippen LogP contribution in [0.25, 0.3) is 21.9 Å². The molecule has 0 saturated carbocycles. The SMILES string of the molecule is CCN1C(=O)C(=O)N(CC(=O)Nc2ccc3oc4ccccc4c3c2)C1=O. The molecule has 1 N–H and O–H groups in total. The average molecular weight is 365 g/mol. The molecule has 1 aliphatic rings. The number of para-hydroxylation sites is 1. The van der Waals surface area contributed by atoms with Gasteiger partial charge in [-0.2, -0.15) is 0 Å². The number of carbonyl (C=O) groups excluding carboxylic acids is 4. The highest BCUT2D eigenvalue weighted by atomic mass is 16.3. The Morgan fingerprint density at radius 3 is 2.41 bits per heavy atom. The molecule has 8 nitrogen and oxygen atoms in total. The Morgan fingerprint density at radius 1 is 0.963 bits per heavy atom. The highest BCUT2D eigenvalue weighted by Crippen LogP contribution is 2.30. The van der Waals surface area contributed by atoms with E-state index in [2.05, 4.69) is 5.32 Å². The molecule has 4 rings (SSSR count). The van der Waals surface area contributed by atoms with E-state index in [9.17, 15) is 19.2 Å². The van der Waals surface area contributed by atoms with Crippen LogP contribution in [0.15, 0.2) is 46.9 Å². The number of hydrogen-bond acceptors (Lipinski definition) is 5. The van der Waals surface area contributed by atoms with Gasteiger partial charge in [-0.3, -0.25) is 19.3 Å². The number of urea groups is 1. The zero-order valence-corrected chi connectivity index (χ0v) is 14.4. The number of likely N-dealkylation sites (N-methyl/N-ethyl adjacent to an activating group) is 1. The first-order valence-electron chi connectivity index (χ1n) is 8.38. The van der Waals surface area contributed by atoms with Gasteiger partial charge in [-0.05, 0) is 31.2 Å². The van der Waals surface area contributed by atoms with Crippen LogP contribution >= 0.6 is 0 Å². The number of amides is 5. The summed E-state index contributed by atoms with van der Waals surface area (Å²) in [4.78, 5) is 49.4. The number of nitrogens with one attached hydrogen (secondary N) is 1. The van der Waals surface area contributed by atoms with Crippen LogP contribution in [-0.2, 0) is 14.4 Å². The van der Waals surface area contributed by atoms with Crippen molar-refractivity contribution in [3.8, 4) is 0 Å². The fourth-order valence-electron chi connectivity index (χ4n) is 3.12. The van der Waals surface area contributed by atoms with Crippen molar-refractivity contribution in [3.05, 3.63) is 42.5 Å². The van der Waals surface area contributed by atoms with Gasteiger partial charge in [0.1, 0.15) is 17.7 Å². The molecule has 2 heterocycles. The first-order chi connectivity index (χ1) is 13.0. The lowest BCUT2D eigenvalue weighted by Crippen LogP contribution is -2.38.